The molecule has 1 amide bonds. The molecule has 0 spiro atoms. The third-order valence-corrected chi connectivity index (χ3v) is 5.51. The van der Waals surface area contributed by atoms with Gasteiger partial charge in [0.1, 0.15) is 5.82 Å². The molecular formula is C23H25N3O3. The summed E-state index contributed by atoms with van der Waals surface area (Å²) in [6, 6.07) is 13.3. The number of piperidine rings is 1. The van der Waals surface area contributed by atoms with E-state index in [0.29, 0.717) is 11.5 Å². The molecule has 4 rings (SSSR count). The molecule has 1 aliphatic rings. The van der Waals surface area contributed by atoms with Crippen molar-refractivity contribution in [3.63, 3.8) is 0 Å². The predicted molar refractivity (Wildman–Crippen MR) is 112 cm³/mol. The van der Waals surface area contributed by atoms with Crippen molar-refractivity contribution in [1.82, 2.24) is 14.9 Å². The van der Waals surface area contributed by atoms with Crippen molar-refractivity contribution < 1.29 is 14.3 Å². The van der Waals surface area contributed by atoms with Gasteiger partial charge in [-0.1, -0.05) is 36.8 Å². The zero-order chi connectivity index (χ0) is 20.4. The van der Waals surface area contributed by atoms with Crippen molar-refractivity contribution in [3.05, 3.63) is 53.6 Å². The van der Waals surface area contributed by atoms with E-state index < -0.39 is 5.97 Å². The first kappa shape index (κ1) is 19.2. The normalized spacial score (nSPS) is 14.9. The highest BCUT2D eigenvalue weighted by atomic mass is 16.5. The van der Waals surface area contributed by atoms with Gasteiger partial charge in [0.2, 0.25) is 0 Å². The molecule has 0 unspecified atom stereocenters. The molecular weight excluding hydrogens is 366 g/mol. The number of rotatable bonds is 4. The monoisotopic (exact) mass is 391 g/mol. The fourth-order valence-electron chi connectivity index (χ4n) is 3.54. The lowest BCUT2D eigenvalue weighted by atomic mass is 9.99. The topological polar surface area (TPSA) is 75.3 Å². The van der Waals surface area contributed by atoms with Crippen molar-refractivity contribution in [2.24, 2.45) is 5.92 Å². The maximum absolute atomic E-state index is 12.4. The Hall–Kier alpha value is -3.15. The van der Waals surface area contributed by atoms with E-state index in [0.717, 1.165) is 48.4 Å². The van der Waals surface area contributed by atoms with E-state index in [1.807, 2.05) is 31.2 Å². The van der Waals surface area contributed by atoms with Crippen LogP contribution in [0.5, 0.6) is 0 Å². The summed E-state index contributed by atoms with van der Waals surface area (Å²) in [4.78, 5) is 34.3. The van der Waals surface area contributed by atoms with E-state index in [2.05, 4.69) is 16.9 Å². The number of carbonyl (C=O) groups excluding carboxylic acids is 2. The summed E-state index contributed by atoms with van der Waals surface area (Å²) in [6.45, 7) is 5.48. The number of amides is 1. The summed E-state index contributed by atoms with van der Waals surface area (Å²) in [5, 5.41) is 0. The maximum Gasteiger partial charge on any atom is 0.338 e. The van der Waals surface area contributed by atoms with Crippen molar-refractivity contribution in [3.8, 4) is 11.4 Å². The first-order valence-corrected chi connectivity index (χ1v) is 10.0. The van der Waals surface area contributed by atoms with Gasteiger partial charge in [0.05, 0.1) is 16.6 Å². The predicted octanol–water partition coefficient (Wildman–Crippen LogP) is 3.95. The highest BCUT2D eigenvalue weighted by molar-refractivity contribution is 5.95. The Balaban J connectivity index is 1.42. The molecule has 1 N–H and O–H groups in total. The van der Waals surface area contributed by atoms with Crippen molar-refractivity contribution >= 4 is 22.9 Å². The first-order valence-electron chi connectivity index (χ1n) is 10.0. The second-order valence-electron chi connectivity index (χ2n) is 7.82. The summed E-state index contributed by atoms with van der Waals surface area (Å²) < 4.78 is 5.26. The number of aryl methyl sites for hydroxylation is 1. The Bertz CT molecular complexity index is 1030. The Morgan fingerprint density at radius 2 is 1.86 bits per heavy atom. The molecule has 150 valence electrons. The van der Waals surface area contributed by atoms with E-state index >= 15 is 0 Å². The van der Waals surface area contributed by atoms with Gasteiger partial charge in [-0.3, -0.25) is 4.79 Å². The molecule has 0 saturated carbocycles. The van der Waals surface area contributed by atoms with Crippen LogP contribution in [-0.2, 0) is 9.53 Å². The average molecular weight is 391 g/mol. The van der Waals surface area contributed by atoms with Gasteiger partial charge < -0.3 is 14.6 Å². The van der Waals surface area contributed by atoms with Crippen molar-refractivity contribution in [2.45, 2.75) is 26.7 Å². The van der Waals surface area contributed by atoms with Gasteiger partial charge in [0, 0.05) is 18.7 Å². The second kappa shape index (κ2) is 8.07. The number of carbonyl (C=O) groups is 2. The number of imidazole rings is 1. The summed E-state index contributed by atoms with van der Waals surface area (Å²) >= 11 is 0. The lowest BCUT2D eigenvalue weighted by Gasteiger charge is -2.30. The molecule has 2 heterocycles. The number of ether oxygens (including phenoxy) is 1. The number of fused-ring (bicyclic) bond motifs is 1. The van der Waals surface area contributed by atoms with Crippen LogP contribution in [0.4, 0.5) is 0 Å². The largest absolute Gasteiger partial charge is 0.452 e. The smallest absolute Gasteiger partial charge is 0.338 e. The van der Waals surface area contributed by atoms with Gasteiger partial charge in [-0.15, -0.1) is 0 Å². The average Bonchev–Trinajstić information content (AvgIpc) is 3.16. The third kappa shape index (κ3) is 4.31. The SMILES string of the molecule is Cc1ccc(-c2nc3ccc(C(=O)OCC(=O)N4CCC(C)CC4)cc3[nH]2)cc1. The number of benzene rings is 2. The minimum absolute atomic E-state index is 0.130. The number of nitrogens with zero attached hydrogens (tertiary/aromatic N) is 2. The highest BCUT2D eigenvalue weighted by Crippen LogP contribution is 2.22. The molecule has 1 aliphatic heterocycles. The quantitative estimate of drug-likeness (QED) is 0.683. The van der Waals surface area contributed by atoms with Crippen LogP contribution in [-0.4, -0.2) is 46.4 Å². The summed E-state index contributed by atoms with van der Waals surface area (Å²) in [6.07, 6.45) is 2.00. The van der Waals surface area contributed by atoms with Gasteiger partial charge in [0.25, 0.3) is 5.91 Å². The molecule has 1 fully saturated rings. The van der Waals surface area contributed by atoms with Crippen LogP contribution in [0.3, 0.4) is 0 Å². The zero-order valence-corrected chi connectivity index (χ0v) is 16.8. The number of nitrogens with one attached hydrogen (secondary N) is 1. The van der Waals surface area contributed by atoms with Gasteiger partial charge in [0.15, 0.2) is 6.61 Å². The molecule has 0 aliphatic carbocycles. The number of hydrogen-bond donors (Lipinski definition) is 1. The molecule has 6 nitrogen and oxygen atoms in total. The summed E-state index contributed by atoms with van der Waals surface area (Å²) in [5.41, 5.74) is 4.10. The van der Waals surface area contributed by atoms with Crippen LogP contribution < -0.4 is 0 Å². The molecule has 1 aromatic heterocycles. The maximum atomic E-state index is 12.4. The van der Waals surface area contributed by atoms with E-state index in [1.165, 1.54) is 5.56 Å². The Labute approximate surface area is 169 Å². The molecule has 29 heavy (non-hydrogen) atoms. The van der Waals surface area contributed by atoms with Crippen molar-refractivity contribution in [1.29, 1.82) is 0 Å². The number of esters is 1. The van der Waals surface area contributed by atoms with Crippen LogP contribution in [0.2, 0.25) is 0 Å². The third-order valence-electron chi connectivity index (χ3n) is 5.51. The van der Waals surface area contributed by atoms with E-state index in [9.17, 15) is 9.59 Å². The van der Waals surface area contributed by atoms with Gasteiger partial charge in [-0.2, -0.15) is 0 Å². The number of H-pyrrole nitrogens is 1. The minimum Gasteiger partial charge on any atom is -0.452 e. The standard InChI is InChI=1S/C23H25N3O3/c1-15-3-5-17(6-4-15)22-24-19-8-7-18(13-20(19)25-22)23(28)29-14-21(27)26-11-9-16(2)10-12-26/h3-8,13,16H,9-12,14H2,1-2H3,(H,24,25). The Morgan fingerprint density at radius 3 is 2.59 bits per heavy atom. The van der Waals surface area contributed by atoms with Crippen molar-refractivity contribution in [2.75, 3.05) is 19.7 Å². The molecule has 1 saturated heterocycles. The van der Waals surface area contributed by atoms with Crippen LogP contribution in [0, 0.1) is 12.8 Å². The lowest BCUT2D eigenvalue weighted by Crippen LogP contribution is -2.40. The van der Waals surface area contributed by atoms with Crippen LogP contribution in [0.15, 0.2) is 42.5 Å². The van der Waals surface area contributed by atoms with Gasteiger partial charge >= 0.3 is 5.97 Å². The van der Waals surface area contributed by atoms with Gasteiger partial charge in [-0.05, 0) is 43.9 Å². The molecule has 6 heteroatoms. The molecule has 3 aromatic rings. The summed E-state index contributed by atoms with van der Waals surface area (Å²) in [7, 11) is 0. The first-order chi connectivity index (χ1) is 14.0. The molecule has 0 atom stereocenters. The van der Waals surface area contributed by atoms with Crippen LogP contribution in [0.25, 0.3) is 22.4 Å². The number of aromatic amines is 1. The summed E-state index contributed by atoms with van der Waals surface area (Å²) in [5.74, 6) is 0.763. The van der Waals surface area contributed by atoms with E-state index in [4.69, 9.17) is 4.74 Å². The number of likely N-dealkylation sites (tertiary alicyclic amines) is 1. The van der Waals surface area contributed by atoms with E-state index in [1.54, 1.807) is 23.1 Å². The van der Waals surface area contributed by atoms with E-state index in [-0.39, 0.29) is 12.5 Å². The Morgan fingerprint density at radius 1 is 1.14 bits per heavy atom. The fourth-order valence-corrected chi connectivity index (χ4v) is 3.54. The second-order valence-corrected chi connectivity index (χ2v) is 7.82. The molecule has 0 radical (unpaired) electrons. The number of aromatic nitrogens is 2. The Kier molecular flexibility index (Phi) is 5.34. The lowest BCUT2D eigenvalue weighted by molar-refractivity contribution is -0.135. The van der Waals surface area contributed by atoms with Crippen LogP contribution >= 0.6 is 0 Å². The number of hydrogen-bond acceptors (Lipinski definition) is 4. The van der Waals surface area contributed by atoms with Gasteiger partial charge in [-0.25, -0.2) is 9.78 Å². The fraction of sp³-hybridized carbons (Fsp3) is 0.348. The minimum atomic E-state index is -0.503. The zero-order valence-electron chi connectivity index (χ0n) is 16.8. The molecule has 0 bridgehead atoms. The molecule has 2 aromatic carbocycles. The van der Waals surface area contributed by atoms with Crippen LogP contribution in [0.1, 0.15) is 35.7 Å². The highest BCUT2D eigenvalue weighted by Gasteiger charge is 2.21.